The maximum atomic E-state index is 14.2. The summed E-state index contributed by atoms with van der Waals surface area (Å²) in [7, 11) is 0. The normalized spacial score (nSPS) is 38.1. The monoisotopic (exact) mass is 586 g/mol. The number of primary amides is 1. The zero-order valence-electron chi connectivity index (χ0n) is 24.6. The number of aryl methyl sites for hydroxylation is 1. The highest BCUT2D eigenvalue weighted by Crippen LogP contribution is 2.65. The first kappa shape index (κ1) is 30.6. The first-order valence-corrected chi connectivity index (χ1v) is 14.8. The van der Waals surface area contributed by atoms with Crippen molar-refractivity contribution in [1.82, 2.24) is 4.90 Å². The van der Waals surface area contributed by atoms with E-state index in [0.29, 0.717) is 38.3 Å². The average Bonchev–Trinajstić information content (AvgIpc) is 2.90. The van der Waals surface area contributed by atoms with E-state index in [1.807, 2.05) is 6.92 Å². The number of fused-ring (bicyclic) bond motifs is 3. The predicted molar refractivity (Wildman–Crippen MR) is 149 cm³/mol. The van der Waals surface area contributed by atoms with Gasteiger partial charge in [-0.15, -0.1) is 0 Å². The van der Waals surface area contributed by atoms with E-state index in [9.17, 15) is 39.6 Å². The minimum absolute atomic E-state index is 0.00945. The number of morpholine rings is 1. The minimum atomic E-state index is -2.55. The summed E-state index contributed by atoms with van der Waals surface area (Å²) in [5, 5.41) is 46.2. The smallest absolute Gasteiger partial charge is 0.230 e. The highest BCUT2D eigenvalue weighted by atomic mass is 16.5. The van der Waals surface area contributed by atoms with Crippen LogP contribution < -0.4 is 5.73 Å². The summed E-state index contributed by atoms with van der Waals surface area (Å²) in [6.07, 6.45) is -2.56. The summed E-state index contributed by atoms with van der Waals surface area (Å²) in [6, 6.07) is 3.10. The number of ether oxygens (including phenoxy) is 1. The molecule has 0 bridgehead atoms. The van der Waals surface area contributed by atoms with Crippen LogP contribution >= 0.6 is 0 Å². The van der Waals surface area contributed by atoms with E-state index in [4.69, 9.17) is 10.5 Å². The van der Waals surface area contributed by atoms with Gasteiger partial charge in [0.2, 0.25) is 11.8 Å². The van der Waals surface area contributed by atoms with Crippen LogP contribution in [0.4, 0.5) is 0 Å². The molecule has 1 aliphatic heterocycles. The van der Waals surface area contributed by atoms with Crippen molar-refractivity contribution in [2.75, 3.05) is 26.3 Å². The Morgan fingerprint density at radius 2 is 1.79 bits per heavy atom. The topological polar surface area (TPSA) is 188 Å². The Labute approximate surface area is 245 Å². The molecule has 2 amide bonds. The van der Waals surface area contributed by atoms with Gasteiger partial charge < -0.3 is 35.8 Å². The number of ketones is 2. The fraction of sp³-hybridized carbons (Fsp3) is 0.677. The molecule has 2 saturated carbocycles. The quantitative estimate of drug-likeness (QED) is 0.304. The van der Waals surface area contributed by atoms with Gasteiger partial charge in [0.05, 0.1) is 30.8 Å². The molecule has 3 fully saturated rings. The van der Waals surface area contributed by atoms with Gasteiger partial charge in [-0.2, -0.15) is 0 Å². The van der Waals surface area contributed by atoms with E-state index in [1.165, 1.54) is 6.07 Å². The van der Waals surface area contributed by atoms with Gasteiger partial charge in [0.1, 0.15) is 17.8 Å². The minimum Gasteiger partial charge on any atom is -0.507 e. The zero-order valence-corrected chi connectivity index (χ0v) is 24.6. The van der Waals surface area contributed by atoms with Crippen LogP contribution in [0.1, 0.15) is 62.0 Å². The molecule has 8 atom stereocenters. The van der Waals surface area contributed by atoms with Crippen molar-refractivity contribution in [3.63, 3.8) is 0 Å². The van der Waals surface area contributed by atoms with Crippen molar-refractivity contribution >= 4 is 23.4 Å². The molecule has 1 aromatic carbocycles. The molecule has 0 radical (unpaired) electrons. The molecule has 1 saturated heterocycles. The van der Waals surface area contributed by atoms with Gasteiger partial charge in [0.25, 0.3) is 0 Å². The van der Waals surface area contributed by atoms with E-state index in [-0.39, 0.29) is 42.4 Å². The molecule has 11 heteroatoms. The molecule has 6 N–H and O–H groups in total. The van der Waals surface area contributed by atoms with Gasteiger partial charge in [-0.1, -0.05) is 33.8 Å². The molecule has 5 rings (SSSR count). The molecule has 42 heavy (non-hydrogen) atoms. The van der Waals surface area contributed by atoms with Gasteiger partial charge in [-0.25, -0.2) is 0 Å². The first-order valence-electron chi connectivity index (χ1n) is 14.8. The van der Waals surface area contributed by atoms with Crippen LogP contribution in [0.3, 0.4) is 0 Å². The molecular weight excluding hydrogens is 544 g/mol. The third kappa shape index (κ3) is 4.23. The SMILES string of the molecule is CC(C)[C@H]1C(O)[C@@H](C(N)=O)C(=O)[C@]2(O)C(O)[C@H]3C(=O)c4c(O)ccc(CCC(=O)N5CCOCC5)c4C[C@]3(C)C[C@]12C. The van der Waals surface area contributed by atoms with E-state index >= 15 is 0 Å². The summed E-state index contributed by atoms with van der Waals surface area (Å²) in [4.78, 5) is 54.9. The molecule has 0 spiro atoms. The largest absolute Gasteiger partial charge is 0.507 e. The lowest BCUT2D eigenvalue weighted by Crippen LogP contribution is -2.79. The summed E-state index contributed by atoms with van der Waals surface area (Å²) in [6.45, 7) is 9.05. The van der Waals surface area contributed by atoms with E-state index in [2.05, 4.69) is 0 Å². The third-order valence-corrected chi connectivity index (χ3v) is 10.7. The average molecular weight is 587 g/mol. The molecule has 4 aliphatic rings. The van der Waals surface area contributed by atoms with Crippen molar-refractivity contribution < 1.29 is 44.3 Å². The number of benzene rings is 1. The molecule has 11 nitrogen and oxygen atoms in total. The number of aliphatic hydroxyl groups is 3. The number of carbonyl (C=O) groups excluding carboxylic acids is 4. The number of phenols is 1. The number of hydrogen-bond acceptors (Lipinski definition) is 9. The van der Waals surface area contributed by atoms with Crippen LogP contribution in [-0.4, -0.2) is 92.8 Å². The number of carbonyl (C=O) groups is 4. The Hall–Kier alpha value is -2.86. The second-order valence-electron chi connectivity index (χ2n) is 13.6. The van der Waals surface area contributed by atoms with Gasteiger partial charge in [-0.05, 0) is 53.7 Å². The van der Waals surface area contributed by atoms with Crippen molar-refractivity contribution in [1.29, 1.82) is 0 Å². The highest BCUT2D eigenvalue weighted by molar-refractivity contribution is 6.09. The van der Waals surface area contributed by atoms with Crippen LogP contribution in [0, 0.1) is 34.5 Å². The molecule has 230 valence electrons. The molecule has 0 aromatic heterocycles. The van der Waals surface area contributed by atoms with Crippen molar-refractivity contribution in [3.05, 3.63) is 28.8 Å². The van der Waals surface area contributed by atoms with Crippen molar-refractivity contribution in [2.24, 2.45) is 40.2 Å². The van der Waals surface area contributed by atoms with Crippen LogP contribution in [0.2, 0.25) is 0 Å². The number of nitrogens with zero attached hydrogens (tertiary/aromatic N) is 1. The van der Waals surface area contributed by atoms with Crippen LogP contribution in [0.15, 0.2) is 12.1 Å². The van der Waals surface area contributed by atoms with Crippen LogP contribution in [0.25, 0.3) is 0 Å². The van der Waals surface area contributed by atoms with Crippen LogP contribution in [-0.2, 0) is 32.0 Å². The number of amides is 2. The molecule has 3 aliphatic carbocycles. The number of phenolic OH excluding ortho intramolecular Hbond substituents is 1. The maximum Gasteiger partial charge on any atom is 0.230 e. The molecular formula is C31H42N2O9. The zero-order chi connectivity index (χ0) is 30.9. The number of aliphatic hydroxyl groups excluding tert-OH is 2. The van der Waals surface area contributed by atoms with Gasteiger partial charge in [0, 0.05) is 24.9 Å². The summed E-state index contributed by atoms with van der Waals surface area (Å²) in [5.41, 5.74) is 1.87. The fourth-order valence-corrected chi connectivity index (χ4v) is 9.04. The number of nitrogens with two attached hydrogens (primary N) is 1. The Morgan fingerprint density at radius 3 is 2.38 bits per heavy atom. The summed E-state index contributed by atoms with van der Waals surface area (Å²) in [5.74, 6) is -7.28. The Morgan fingerprint density at radius 1 is 1.14 bits per heavy atom. The predicted octanol–water partition coefficient (Wildman–Crippen LogP) is 0.364. The Balaban J connectivity index is 1.57. The Bertz CT molecular complexity index is 1320. The van der Waals surface area contributed by atoms with Crippen LogP contribution in [0.5, 0.6) is 5.75 Å². The third-order valence-electron chi connectivity index (χ3n) is 10.7. The van der Waals surface area contributed by atoms with E-state index in [0.717, 1.165) is 5.56 Å². The standard InChI is InChI=1S/C31H42N2O9/c1-15(2)22-25(37)21(28(32)40)26(38)31(41)27(39)23-24(36)20-17(13-29(23,3)14-30(22,31)4)16(5-7-18(20)34)6-8-19(35)33-9-11-42-12-10-33/h5,7,15,21-23,25,27,34,37,39,41H,6,8-14H2,1-4H3,(H2,32,40)/t21-,22+,23-,25?,27?,29-,30-,31+/m1/s1. The molecule has 2 unspecified atom stereocenters. The lowest BCUT2D eigenvalue weighted by molar-refractivity contribution is -0.265. The number of Topliss-reactive ketones (excluding diaryl/α,β-unsaturated/α-hetero) is 2. The summed E-state index contributed by atoms with van der Waals surface area (Å²) < 4.78 is 5.33. The fourth-order valence-electron chi connectivity index (χ4n) is 9.04. The van der Waals surface area contributed by atoms with Crippen molar-refractivity contribution in [3.8, 4) is 5.75 Å². The van der Waals surface area contributed by atoms with E-state index in [1.54, 1.807) is 31.7 Å². The first-order chi connectivity index (χ1) is 19.6. The lowest BCUT2D eigenvalue weighted by atomic mass is 9.39. The number of hydrogen-bond donors (Lipinski definition) is 5. The number of rotatable bonds is 5. The second kappa shape index (κ2) is 10.4. The lowest BCUT2D eigenvalue weighted by Gasteiger charge is -2.66. The number of aromatic hydroxyl groups is 1. The van der Waals surface area contributed by atoms with Gasteiger partial charge >= 0.3 is 0 Å². The second-order valence-corrected chi connectivity index (χ2v) is 13.6. The Kier molecular flexibility index (Phi) is 7.57. The molecule has 1 heterocycles. The van der Waals surface area contributed by atoms with E-state index < -0.39 is 63.9 Å². The highest BCUT2D eigenvalue weighted by Gasteiger charge is 2.75. The van der Waals surface area contributed by atoms with Crippen molar-refractivity contribution in [2.45, 2.75) is 71.2 Å². The maximum absolute atomic E-state index is 14.2. The van der Waals surface area contributed by atoms with Gasteiger partial charge in [0.15, 0.2) is 17.2 Å². The molecule has 1 aromatic rings. The summed E-state index contributed by atoms with van der Waals surface area (Å²) >= 11 is 0. The van der Waals surface area contributed by atoms with Gasteiger partial charge in [-0.3, -0.25) is 19.2 Å².